The van der Waals surface area contributed by atoms with Gasteiger partial charge in [0.15, 0.2) is 5.01 Å². The van der Waals surface area contributed by atoms with Gasteiger partial charge in [0, 0.05) is 35.9 Å². The number of aldehydes is 1. The molecule has 2 aliphatic rings. The Hall–Kier alpha value is -2.29. The SMILES string of the molecule is Cn1nc(-c2nnc(C3=CCC(CC=O)C(C(F)(F)F)=C3)s2)c2c1CC(C)(C)CC2. The predicted octanol–water partition coefficient (Wildman–Crippen LogP) is 4.93. The van der Waals surface area contributed by atoms with E-state index in [0.29, 0.717) is 21.9 Å². The Morgan fingerprint density at radius 2 is 2.03 bits per heavy atom. The van der Waals surface area contributed by atoms with Crippen LogP contribution in [0.2, 0.25) is 0 Å². The van der Waals surface area contributed by atoms with Crippen LogP contribution in [0.1, 0.15) is 49.4 Å². The number of hydrogen-bond donors (Lipinski definition) is 0. The van der Waals surface area contributed by atoms with E-state index in [0.717, 1.165) is 36.6 Å². The van der Waals surface area contributed by atoms with E-state index in [9.17, 15) is 18.0 Å². The summed E-state index contributed by atoms with van der Waals surface area (Å²) in [6.07, 6.45) is 1.77. The largest absolute Gasteiger partial charge is 0.413 e. The van der Waals surface area contributed by atoms with Crippen LogP contribution in [0.25, 0.3) is 16.3 Å². The highest BCUT2D eigenvalue weighted by molar-refractivity contribution is 7.15. The van der Waals surface area contributed by atoms with Crippen molar-refractivity contribution >= 4 is 23.2 Å². The van der Waals surface area contributed by atoms with E-state index in [2.05, 4.69) is 29.1 Å². The number of aryl methyl sites for hydroxylation is 1. The van der Waals surface area contributed by atoms with Crippen LogP contribution in [0.3, 0.4) is 0 Å². The molecule has 2 heterocycles. The molecule has 4 rings (SSSR count). The smallest absolute Gasteiger partial charge is 0.303 e. The van der Waals surface area contributed by atoms with Crippen LogP contribution in [0.4, 0.5) is 13.2 Å². The molecule has 1 unspecified atom stereocenters. The number of fused-ring (bicyclic) bond motifs is 1. The molecule has 9 heteroatoms. The number of halogens is 3. The summed E-state index contributed by atoms with van der Waals surface area (Å²) in [7, 11) is 1.92. The van der Waals surface area contributed by atoms with Crippen LogP contribution < -0.4 is 0 Å². The first-order valence-corrected chi connectivity index (χ1v) is 10.7. The van der Waals surface area contributed by atoms with Crippen molar-refractivity contribution in [3.05, 3.63) is 34.0 Å². The van der Waals surface area contributed by atoms with Gasteiger partial charge >= 0.3 is 6.18 Å². The molecule has 0 fully saturated rings. The van der Waals surface area contributed by atoms with Crippen molar-refractivity contribution in [2.45, 2.75) is 52.1 Å². The maximum Gasteiger partial charge on any atom is 0.413 e. The number of hydrogen-bond acceptors (Lipinski definition) is 5. The molecule has 0 aromatic carbocycles. The average molecular weight is 437 g/mol. The molecule has 2 aromatic heterocycles. The monoisotopic (exact) mass is 436 g/mol. The van der Waals surface area contributed by atoms with E-state index >= 15 is 0 Å². The Bertz CT molecular complexity index is 1050. The predicted molar refractivity (Wildman–Crippen MR) is 109 cm³/mol. The molecule has 2 aliphatic carbocycles. The van der Waals surface area contributed by atoms with Crippen LogP contribution in [0, 0.1) is 11.3 Å². The Labute approximate surface area is 176 Å². The Morgan fingerprint density at radius 1 is 1.30 bits per heavy atom. The number of rotatable bonds is 4. The van der Waals surface area contributed by atoms with Gasteiger partial charge in [-0.2, -0.15) is 18.3 Å². The van der Waals surface area contributed by atoms with Gasteiger partial charge in [0.25, 0.3) is 0 Å². The number of alkyl halides is 3. The molecule has 0 aliphatic heterocycles. The molecule has 0 saturated carbocycles. The molecule has 2 aromatic rings. The number of carbonyl (C=O) groups is 1. The Kier molecular flexibility index (Phi) is 5.20. The van der Waals surface area contributed by atoms with Crippen LogP contribution in [-0.2, 0) is 24.7 Å². The minimum Gasteiger partial charge on any atom is -0.303 e. The molecule has 0 saturated heterocycles. The highest BCUT2D eigenvalue weighted by Gasteiger charge is 2.40. The van der Waals surface area contributed by atoms with Crippen LogP contribution in [-0.4, -0.2) is 32.4 Å². The zero-order valence-corrected chi connectivity index (χ0v) is 17.9. The van der Waals surface area contributed by atoms with E-state index in [1.165, 1.54) is 17.0 Å². The first-order chi connectivity index (χ1) is 14.1. The van der Waals surface area contributed by atoms with E-state index < -0.39 is 17.7 Å². The molecule has 0 spiro atoms. The fraction of sp³-hybridized carbons (Fsp3) is 0.524. The molecule has 0 bridgehead atoms. The number of allylic oxidation sites excluding steroid dienone is 4. The second-order valence-corrected chi connectivity index (χ2v) is 9.72. The molecule has 5 nitrogen and oxygen atoms in total. The highest BCUT2D eigenvalue weighted by Crippen LogP contribution is 2.43. The van der Waals surface area contributed by atoms with E-state index in [-0.39, 0.29) is 18.3 Å². The van der Waals surface area contributed by atoms with Gasteiger partial charge in [-0.25, -0.2) is 0 Å². The van der Waals surface area contributed by atoms with Crippen LogP contribution >= 0.6 is 11.3 Å². The summed E-state index contributed by atoms with van der Waals surface area (Å²) < 4.78 is 42.3. The average Bonchev–Trinajstić information content (AvgIpc) is 3.26. The summed E-state index contributed by atoms with van der Waals surface area (Å²) in [5.74, 6) is -0.843. The van der Waals surface area contributed by atoms with Gasteiger partial charge in [-0.15, -0.1) is 10.2 Å². The zero-order valence-electron chi connectivity index (χ0n) is 17.1. The van der Waals surface area contributed by atoms with Crippen molar-refractivity contribution in [1.29, 1.82) is 0 Å². The molecule has 160 valence electrons. The lowest BCUT2D eigenvalue weighted by atomic mass is 9.76. The molecule has 0 amide bonds. The van der Waals surface area contributed by atoms with Gasteiger partial charge in [0.1, 0.15) is 17.0 Å². The van der Waals surface area contributed by atoms with Crippen molar-refractivity contribution in [1.82, 2.24) is 20.0 Å². The lowest BCUT2D eigenvalue weighted by Crippen LogP contribution is -2.23. The lowest BCUT2D eigenvalue weighted by molar-refractivity contribution is -0.111. The topological polar surface area (TPSA) is 60.7 Å². The molecular formula is C21H23F3N4OS. The minimum atomic E-state index is -4.48. The number of carbonyl (C=O) groups excluding carboxylic acids is 1. The van der Waals surface area contributed by atoms with Gasteiger partial charge < -0.3 is 4.79 Å². The third-order valence-electron chi connectivity index (χ3n) is 5.93. The normalized spacial score (nSPS) is 21.1. The quantitative estimate of drug-likeness (QED) is 0.638. The zero-order chi connectivity index (χ0) is 21.7. The summed E-state index contributed by atoms with van der Waals surface area (Å²) in [4.78, 5) is 10.8. The maximum atomic E-state index is 13.5. The molecule has 30 heavy (non-hydrogen) atoms. The summed E-state index contributed by atoms with van der Waals surface area (Å²) in [5.41, 5.74) is 3.07. The number of nitrogens with zero attached hydrogens (tertiary/aromatic N) is 4. The third kappa shape index (κ3) is 3.87. The van der Waals surface area contributed by atoms with E-state index in [4.69, 9.17) is 0 Å². The van der Waals surface area contributed by atoms with Gasteiger partial charge in [0.05, 0.1) is 0 Å². The second kappa shape index (κ2) is 7.44. The van der Waals surface area contributed by atoms with Crippen molar-refractivity contribution in [2.75, 3.05) is 0 Å². The molecular weight excluding hydrogens is 413 g/mol. The summed E-state index contributed by atoms with van der Waals surface area (Å²) >= 11 is 1.26. The van der Waals surface area contributed by atoms with Crippen molar-refractivity contribution < 1.29 is 18.0 Å². The standard InChI is InChI=1S/C21H23F3N4OS/c1-20(2)8-6-14-16(11-20)28(3)27-17(14)19-26-25-18(30-19)13-5-4-12(7-9-29)15(10-13)21(22,23)24/h5,9-10,12H,4,6-8,11H2,1-3H3. The van der Waals surface area contributed by atoms with E-state index in [1.54, 1.807) is 6.08 Å². The molecule has 1 atom stereocenters. The van der Waals surface area contributed by atoms with Crippen LogP contribution in [0.5, 0.6) is 0 Å². The first-order valence-electron chi connectivity index (χ1n) is 9.90. The highest BCUT2D eigenvalue weighted by atomic mass is 32.1. The minimum absolute atomic E-state index is 0.146. The maximum absolute atomic E-state index is 13.5. The van der Waals surface area contributed by atoms with Crippen molar-refractivity contribution in [3.8, 4) is 10.7 Å². The van der Waals surface area contributed by atoms with Gasteiger partial charge in [-0.05, 0) is 43.1 Å². The van der Waals surface area contributed by atoms with E-state index in [1.807, 2.05) is 11.7 Å². The fourth-order valence-electron chi connectivity index (χ4n) is 4.24. The lowest BCUT2D eigenvalue weighted by Gasteiger charge is -2.29. The fourth-order valence-corrected chi connectivity index (χ4v) is 5.11. The first kappa shape index (κ1) is 21.0. The number of aromatic nitrogens is 4. The summed E-state index contributed by atoms with van der Waals surface area (Å²) in [6.45, 7) is 4.48. The van der Waals surface area contributed by atoms with Gasteiger partial charge in [-0.3, -0.25) is 4.68 Å². The Morgan fingerprint density at radius 3 is 2.73 bits per heavy atom. The van der Waals surface area contributed by atoms with Crippen molar-refractivity contribution in [3.63, 3.8) is 0 Å². The van der Waals surface area contributed by atoms with Gasteiger partial charge in [-0.1, -0.05) is 31.3 Å². The molecule has 0 radical (unpaired) electrons. The third-order valence-corrected chi connectivity index (χ3v) is 6.91. The summed E-state index contributed by atoms with van der Waals surface area (Å²) in [6, 6.07) is 0. The van der Waals surface area contributed by atoms with Crippen molar-refractivity contribution in [2.24, 2.45) is 18.4 Å². The van der Waals surface area contributed by atoms with Crippen LogP contribution in [0.15, 0.2) is 17.7 Å². The summed E-state index contributed by atoms with van der Waals surface area (Å²) in [5, 5.41) is 14.1. The molecule has 0 N–H and O–H groups in total. The second-order valence-electron chi connectivity index (χ2n) is 8.74. The Balaban J connectivity index is 1.66. The van der Waals surface area contributed by atoms with Gasteiger partial charge in [0.2, 0.25) is 0 Å².